The van der Waals surface area contributed by atoms with Gasteiger partial charge in [-0.3, -0.25) is 4.79 Å². The summed E-state index contributed by atoms with van der Waals surface area (Å²) in [7, 11) is 1.68. The van der Waals surface area contributed by atoms with Crippen LogP contribution in [0.4, 0.5) is 0 Å². The van der Waals surface area contributed by atoms with E-state index in [1.165, 1.54) is 0 Å². The number of carbonyl (C=O) groups is 1. The summed E-state index contributed by atoms with van der Waals surface area (Å²) in [4.78, 5) is 12.0. The van der Waals surface area contributed by atoms with E-state index >= 15 is 0 Å². The minimum Gasteiger partial charge on any atom is -0.393 e. The van der Waals surface area contributed by atoms with Gasteiger partial charge in [-0.15, -0.1) is 0 Å². The Labute approximate surface area is 102 Å². The van der Waals surface area contributed by atoms with Crippen molar-refractivity contribution in [2.24, 2.45) is 0 Å². The van der Waals surface area contributed by atoms with Gasteiger partial charge in [0.25, 0.3) is 0 Å². The molecule has 0 aromatic carbocycles. The number of rotatable bonds is 3. The molecule has 2 unspecified atom stereocenters. The highest BCUT2D eigenvalue weighted by molar-refractivity contribution is 5.82. The Bertz CT molecular complexity index is 264. The first kappa shape index (κ1) is 12.8. The monoisotopic (exact) mass is 242 g/mol. The van der Waals surface area contributed by atoms with Crippen molar-refractivity contribution in [3.63, 3.8) is 0 Å². The minimum atomic E-state index is -0.175. The van der Waals surface area contributed by atoms with Crippen molar-refractivity contribution >= 4 is 5.91 Å². The van der Waals surface area contributed by atoms with E-state index in [-0.39, 0.29) is 30.2 Å². The largest absolute Gasteiger partial charge is 0.393 e. The number of hydrogen-bond acceptors (Lipinski definition) is 4. The van der Waals surface area contributed by atoms with E-state index in [4.69, 9.17) is 4.74 Å². The molecule has 98 valence electrons. The summed E-state index contributed by atoms with van der Waals surface area (Å²) in [5.41, 5.74) is 0. The summed E-state index contributed by atoms with van der Waals surface area (Å²) in [6.07, 6.45) is 4.08. The van der Waals surface area contributed by atoms with Crippen LogP contribution in [0.2, 0.25) is 0 Å². The van der Waals surface area contributed by atoms with Gasteiger partial charge in [0.15, 0.2) is 0 Å². The highest BCUT2D eigenvalue weighted by Gasteiger charge is 2.31. The summed E-state index contributed by atoms with van der Waals surface area (Å²) < 4.78 is 5.22. The fourth-order valence-corrected chi connectivity index (χ4v) is 2.60. The lowest BCUT2D eigenvalue weighted by atomic mass is 9.93. The Morgan fingerprint density at radius 2 is 2.06 bits per heavy atom. The number of hydrogen-bond donors (Lipinski definition) is 3. The Morgan fingerprint density at radius 1 is 1.35 bits per heavy atom. The first-order chi connectivity index (χ1) is 8.19. The third-order valence-electron chi connectivity index (χ3n) is 3.78. The Morgan fingerprint density at radius 3 is 2.65 bits per heavy atom. The van der Waals surface area contributed by atoms with Crippen LogP contribution in [-0.2, 0) is 9.53 Å². The third-order valence-corrected chi connectivity index (χ3v) is 3.78. The minimum absolute atomic E-state index is 0.0749. The lowest BCUT2D eigenvalue weighted by Crippen LogP contribution is -2.46. The van der Waals surface area contributed by atoms with E-state index in [0.717, 1.165) is 38.6 Å². The van der Waals surface area contributed by atoms with E-state index in [1.807, 2.05) is 0 Å². The van der Waals surface area contributed by atoms with E-state index in [9.17, 15) is 9.90 Å². The first-order valence-corrected chi connectivity index (χ1v) is 6.43. The zero-order valence-electron chi connectivity index (χ0n) is 10.3. The molecule has 2 rings (SSSR count). The predicted molar refractivity (Wildman–Crippen MR) is 63.6 cm³/mol. The van der Waals surface area contributed by atoms with Gasteiger partial charge < -0.3 is 20.5 Å². The van der Waals surface area contributed by atoms with Gasteiger partial charge >= 0.3 is 0 Å². The summed E-state index contributed by atoms with van der Waals surface area (Å²) in [6.45, 7) is 0.748. The Balaban J connectivity index is 1.74. The smallest absolute Gasteiger partial charge is 0.237 e. The number of aliphatic hydroxyl groups is 1. The van der Waals surface area contributed by atoms with Crippen molar-refractivity contribution in [1.82, 2.24) is 10.6 Å². The predicted octanol–water partition coefficient (Wildman–Crippen LogP) is -0.217. The quantitative estimate of drug-likeness (QED) is 0.640. The zero-order valence-corrected chi connectivity index (χ0v) is 10.3. The van der Waals surface area contributed by atoms with E-state index in [0.29, 0.717) is 0 Å². The van der Waals surface area contributed by atoms with E-state index < -0.39 is 0 Å². The first-order valence-electron chi connectivity index (χ1n) is 6.43. The molecule has 1 heterocycles. The van der Waals surface area contributed by atoms with Crippen LogP contribution in [0.1, 0.15) is 32.1 Å². The number of ether oxygens (including phenoxy) is 1. The number of amides is 1. The number of methoxy groups -OCH3 is 1. The standard InChI is InChI=1S/C12H22N2O3/c1-17-10-6-11(13-7-10)12(16)14-8-2-4-9(15)5-3-8/h8-11,13,15H,2-7H2,1H3,(H,14,16). The van der Waals surface area contributed by atoms with Crippen molar-refractivity contribution in [2.75, 3.05) is 13.7 Å². The van der Waals surface area contributed by atoms with Crippen LogP contribution in [0.25, 0.3) is 0 Å². The fraction of sp³-hybridized carbons (Fsp3) is 0.917. The normalized spacial score (nSPS) is 38.0. The van der Waals surface area contributed by atoms with Crippen molar-refractivity contribution in [3.8, 4) is 0 Å². The maximum Gasteiger partial charge on any atom is 0.237 e. The van der Waals surface area contributed by atoms with Crippen molar-refractivity contribution in [1.29, 1.82) is 0 Å². The van der Waals surface area contributed by atoms with Gasteiger partial charge in [-0.1, -0.05) is 0 Å². The summed E-state index contributed by atoms with van der Waals surface area (Å²) in [5.74, 6) is 0.0749. The van der Waals surface area contributed by atoms with Crippen molar-refractivity contribution < 1.29 is 14.6 Å². The molecule has 0 radical (unpaired) electrons. The molecule has 5 nitrogen and oxygen atoms in total. The molecule has 0 aromatic heterocycles. The molecule has 1 aliphatic carbocycles. The molecule has 17 heavy (non-hydrogen) atoms. The van der Waals surface area contributed by atoms with E-state index in [2.05, 4.69) is 10.6 Å². The molecule has 0 spiro atoms. The Kier molecular flexibility index (Phi) is 4.36. The fourth-order valence-electron chi connectivity index (χ4n) is 2.60. The van der Waals surface area contributed by atoms with Gasteiger partial charge in [0.1, 0.15) is 0 Å². The lowest BCUT2D eigenvalue weighted by molar-refractivity contribution is -0.124. The molecule has 2 aliphatic rings. The van der Waals surface area contributed by atoms with Gasteiger partial charge in [-0.25, -0.2) is 0 Å². The third kappa shape index (κ3) is 3.40. The molecule has 0 aromatic rings. The Hall–Kier alpha value is -0.650. The number of nitrogens with one attached hydrogen (secondary N) is 2. The average Bonchev–Trinajstić information content (AvgIpc) is 2.81. The summed E-state index contributed by atoms with van der Waals surface area (Å²) in [5, 5.41) is 15.6. The molecule has 1 saturated carbocycles. The molecule has 2 atom stereocenters. The van der Waals surface area contributed by atoms with Gasteiger partial charge in [-0.05, 0) is 32.1 Å². The average molecular weight is 242 g/mol. The van der Waals surface area contributed by atoms with Crippen LogP contribution in [0, 0.1) is 0 Å². The van der Waals surface area contributed by atoms with Crippen molar-refractivity contribution in [2.45, 2.75) is 56.4 Å². The lowest BCUT2D eigenvalue weighted by Gasteiger charge is -2.27. The molecule has 1 amide bonds. The van der Waals surface area contributed by atoms with Crippen LogP contribution in [-0.4, -0.2) is 49.0 Å². The highest BCUT2D eigenvalue weighted by atomic mass is 16.5. The van der Waals surface area contributed by atoms with Crippen LogP contribution >= 0.6 is 0 Å². The maximum atomic E-state index is 12.0. The molecule has 3 N–H and O–H groups in total. The van der Waals surface area contributed by atoms with Gasteiger partial charge in [0, 0.05) is 19.7 Å². The topological polar surface area (TPSA) is 70.6 Å². The highest BCUT2D eigenvalue weighted by Crippen LogP contribution is 2.19. The van der Waals surface area contributed by atoms with Crippen LogP contribution in [0.5, 0.6) is 0 Å². The van der Waals surface area contributed by atoms with Crippen LogP contribution < -0.4 is 10.6 Å². The summed E-state index contributed by atoms with van der Waals surface area (Å²) in [6, 6.07) is 0.112. The SMILES string of the molecule is COC1CNC(C(=O)NC2CCC(O)CC2)C1. The van der Waals surface area contributed by atoms with Crippen LogP contribution in [0.15, 0.2) is 0 Å². The number of carbonyl (C=O) groups excluding carboxylic acids is 1. The van der Waals surface area contributed by atoms with Gasteiger partial charge in [-0.2, -0.15) is 0 Å². The van der Waals surface area contributed by atoms with Gasteiger partial charge in [0.05, 0.1) is 18.2 Å². The zero-order chi connectivity index (χ0) is 12.3. The van der Waals surface area contributed by atoms with Crippen LogP contribution in [0.3, 0.4) is 0 Å². The molecular formula is C12H22N2O3. The molecule has 0 bridgehead atoms. The second-order valence-electron chi connectivity index (χ2n) is 5.07. The molecule has 5 heteroatoms. The maximum absolute atomic E-state index is 12.0. The molecule has 2 fully saturated rings. The summed E-state index contributed by atoms with van der Waals surface area (Å²) >= 11 is 0. The second kappa shape index (κ2) is 5.80. The second-order valence-corrected chi connectivity index (χ2v) is 5.07. The number of aliphatic hydroxyl groups excluding tert-OH is 1. The molecule has 1 saturated heterocycles. The van der Waals surface area contributed by atoms with Crippen molar-refractivity contribution in [3.05, 3.63) is 0 Å². The molecule has 1 aliphatic heterocycles. The molecular weight excluding hydrogens is 220 g/mol. The van der Waals surface area contributed by atoms with Gasteiger partial charge in [0.2, 0.25) is 5.91 Å². The van der Waals surface area contributed by atoms with E-state index in [1.54, 1.807) is 7.11 Å².